The molecule has 1 aliphatic heterocycles. The number of aromatic nitrogens is 2. The SMILES string of the molecule is Cc1ccc(-c2nc(C(N)=O)c3c(n2)N(c2cccc(C(=O)NCCCCNC(=O)OC(C)(C)C)c2)C(=O)C3)cc1. The third-order valence-electron chi connectivity index (χ3n) is 6.24. The fraction of sp³-hybridized carbons (Fsp3) is 0.333. The van der Waals surface area contributed by atoms with E-state index in [0.29, 0.717) is 48.3 Å². The lowest BCUT2D eigenvalue weighted by molar-refractivity contribution is -0.116. The Hall–Kier alpha value is -4.80. The van der Waals surface area contributed by atoms with Gasteiger partial charge in [-0.1, -0.05) is 35.9 Å². The zero-order valence-corrected chi connectivity index (χ0v) is 23.6. The number of nitrogens with zero attached hydrogens (tertiary/aromatic N) is 3. The fourth-order valence-electron chi connectivity index (χ4n) is 4.31. The van der Waals surface area contributed by atoms with E-state index in [1.165, 1.54) is 4.90 Å². The second-order valence-electron chi connectivity index (χ2n) is 10.8. The van der Waals surface area contributed by atoms with Crippen LogP contribution in [0.1, 0.15) is 65.6 Å². The Bertz CT molecular complexity index is 1480. The molecule has 2 aromatic carbocycles. The quantitative estimate of drug-likeness (QED) is 0.337. The summed E-state index contributed by atoms with van der Waals surface area (Å²) in [6, 6.07) is 14.1. The number of hydrogen-bond acceptors (Lipinski definition) is 7. The maximum Gasteiger partial charge on any atom is 0.407 e. The number of anilines is 2. The summed E-state index contributed by atoms with van der Waals surface area (Å²) in [5.74, 6) is -0.828. The Labute approximate surface area is 238 Å². The molecule has 0 saturated heterocycles. The van der Waals surface area contributed by atoms with E-state index < -0.39 is 17.6 Å². The van der Waals surface area contributed by atoms with E-state index in [2.05, 4.69) is 20.6 Å². The van der Waals surface area contributed by atoms with Gasteiger partial charge in [-0.3, -0.25) is 19.3 Å². The van der Waals surface area contributed by atoms with Gasteiger partial charge in [-0.25, -0.2) is 14.8 Å². The number of ether oxygens (including phenoxy) is 1. The van der Waals surface area contributed by atoms with Gasteiger partial charge in [-0.05, 0) is 58.7 Å². The molecular formula is C30H34N6O5. The van der Waals surface area contributed by atoms with Crippen LogP contribution in [0.4, 0.5) is 16.3 Å². The van der Waals surface area contributed by atoms with E-state index in [-0.39, 0.29) is 35.6 Å². The summed E-state index contributed by atoms with van der Waals surface area (Å²) >= 11 is 0. The highest BCUT2D eigenvalue weighted by Crippen LogP contribution is 2.37. The molecular weight excluding hydrogens is 524 g/mol. The van der Waals surface area contributed by atoms with Gasteiger partial charge < -0.3 is 21.1 Å². The standard InChI is InChI=1S/C30H34N6O5/c1-18-10-12-19(13-11-18)26-34-24(25(31)38)22-17-23(37)36(27(22)35-26)21-9-7-8-20(16-21)28(39)32-14-5-6-15-33-29(40)41-30(2,3)4/h7-13,16H,5-6,14-15,17H2,1-4H3,(H2,31,38)(H,32,39)(H,33,40). The van der Waals surface area contributed by atoms with Crippen molar-refractivity contribution in [3.05, 3.63) is 70.9 Å². The summed E-state index contributed by atoms with van der Waals surface area (Å²) in [6.45, 7) is 8.17. The molecule has 4 N–H and O–H groups in total. The van der Waals surface area contributed by atoms with Crippen LogP contribution in [-0.2, 0) is 16.0 Å². The average Bonchev–Trinajstić information content (AvgIpc) is 3.24. The molecule has 1 aliphatic rings. The van der Waals surface area contributed by atoms with Crippen molar-refractivity contribution in [3.8, 4) is 11.4 Å². The molecule has 0 bridgehead atoms. The van der Waals surface area contributed by atoms with Gasteiger partial charge in [0.15, 0.2) is 5.82 Å². The maximum absolute atomic E-state index is 13.1. The number of hydrogen-bond donors (Lipinski definition) is 3. The second-order valence-corrected chi connectivity index (χ2v) is 10.8. The highest BCUT2D eigenvalue weighted by Gasteiger charge is 2.35. The highest BCUT2D eigenvalue weighted by molar-refractivity contribution is 6.10. The first-order valence-electron chi connectivity index (χ1n) is 13.4. The number of alkyl carbamates (subject to hydrolysis) is 1. The van der Waals surface area contributed by atoms with Crippen LogP contribution in [0.5, 0.6) is 0 Å². The summed E-state index contributed by atoms with van der Waals surface area (Å²) in [6.07, 6.45) is 0.739. The Morgan fingerprint density at radius 1 is 1.00 bits per heavy atom. The van der Waals surface area contributed by atoms with Crippen molar-refractivity contribution in [3.63, 3.8) is 0 Å². The van der Waals surface area contributed by atoms with Crippen molar-refractivity contribution in [2.45, 2.75) is 52.6 Å². The minimum atomic E-state index is -0.749. The third-order valence-corrected chi connectivity index (χ3v) is 6.24. The number of carbonyl (C=O) groups excluding carboxylic acids is 4. The number of carbonyl (C=O) groups is 4. The van der Waals surface area contributed by atoms with Crippen LogP contribution in [0.2, 0.25) is 0 Å². The summed E-state index contributed by atoms with van der Waals surface area (Å²) in [5, 5.41) is 5.55. The van der Waals surface area contributed by atoms with Crippen molar-refractivity contribution in [1.29, 1.82) is 0 Å². The molecule has 3 aromatic rings. The van der Waals surface area contributed by atoms with Gasteiger partial charge in [0.2, 0.25) is 5.91 Å². The van der Waals surface area contributed by atoms with E-state index in [0.717, 1.165) is 5.56 Å². The molecule has 11 nitrogen and oxygen atoms in total. The van der Waals surface area contributed by atoms with Gasteiger partial charge in [-0.15, -0.1) is 0 Å². The monoisotopic (exact) mass is 558 g/mol. The number of unbranched alkanes of at least 4 members (excludes halogenated alkanes) is 1. The van der Waals surface area contributed by atoms with Crippen molar-refractivity contribution in [1.82, 2.24) is 20.6 Å². The molecule has 0 spiro atoms. The van der Waals surface area contributed by atoms with Gasteiger partial charge in [-0.2, -0.15) is 0 Å². The summed E-state index contributed by atoms with van der Waals surface area (Å²) in [7, 11) is 0. The summed E-state index contributed by atoms with van der Waals surface area (Å²) in [4.78, 5) is 60.4. The lowest BCUT2D eigenvalue weighted by Gasteiger charge is -2.19. The number of fused-ring (bicyclic) bond motifs is 1. The minimum Gasteiger partial charge on any atom is -0.444 e. The Balaban J connectivity index is 1.46. The molecule has 0 atom stereocenters. The van der Waals surface area contributed by atoms with Crippen molar-refractivity contribution >= 4 is 35.3 Å². The molecule has 4 rings (SSSR count). The number of amides is 4. The third kappa shape index (κ3) is 7.24. The van der Waals surface area contributed by atoms with E-state index >= 15 is 0 Å². The summed E-state index contributed by atoms with van der Waals surface area (Å²) in [5.41, 5.74) is 7.94. The van der Waals surface area contributed by atoms with Gasteiger partial charge in [0.05, 0.1) is 12.1 Å². The predicted octanol–water partition coefficient (Wildman–Crippen LogP) is 3.81. The lowest BCUT2D eigenvalue weighted by atomic mass is 10.1. The number of rotatable bonds is 9. The summed E-state index contributed by atoms with van der Waals surface area (Å²) < 4.78 is 5.20. The van der Waals surface area contributed by atoms with Crippen molar-refractivity contribution < 1.29 is 23.9 Å². The number of aryl methyl sites for hydroxylation is 1. The molecule has 1 aromatic heterocycles. The van der Waals surface area contributed by atoms with E-state index in [1.54, 1.807) is 45.0 Å². The molecule has 0 saturated carbocycles. The minimum absolute atomic E-state index is 0.00326. The van der Waals surface area contributed by atoms with Crippen LogP contribution < -0.4 is 21.3 Å². The molecule has 0 radical (unpaired) electrons. The molecule has 41 heavy (non-hydrogen) atoms. The van der Waals surface area contributed by atoms with Crippen LogP contribution in [0.25, 0.3) is 11.4 Å². The smallest absolute Gasteiger partial charge is 0.407 e. The number of primary amides is 1. The van der Waals surface area contributed by atoms with Gasteiger partial charge in [0.1, 0.15) is 17.1 Å². The van der Waals surface area contributed by atoms with Crippen LogP contribution in [0.15, 0.2) is 48.5 Å². The average molecular weight is 559 g/mol. The molecule has 2 heterocycles. The Kier molecular flexibility index (Phi) is 8.65. The number of nitrogens with one attached hydrogen (secondary N) is 2. The van der Waals surface area contributed by atoms with Crippen LogP contribution in [0, 0.1) is 6.92 Å². The Morgan fingerprint density at radius 2 is 1.68 bits per heavy atom. The van der Waals surface area contributed by atoms with Gasteiger partial charge in [0.25, 0.3) is 11.8 Å². The first-order chi connectivity index (χ1) is 19.4. The van der Waals surface area contributed by atoms with E-state index in [9.17, 15) is 19.2 Å². The molecule has 4 amide bonds. The largest absolute Gasteiger partial charge is 0.444 e. The predicted molar refractivity (Wildman–Crippen MR) is 154 cm³/mol. The first kappa shape index (κ1) is 29.2. The molecule has 11 heteroatoms. The van der Waals surface area contributed by atoms with Crippen LogP contribution in [-0.4, -0.2) is 52.5 Å². The maximum atomic E-state index is 13.1. The van der Waals surface area contributed by atoms with Gasteiger partial charge in [0, 0.05) is 29.8 Å². The lowest BCUT2D eigenvalue weighted by Crippen LogP contribution is -2.33. The zero-order valence-electron chi connectivity index (χ0n) is 23.6. The molecule has 0 unspecified atom stereocenters. The normalized spacial score (nSPS) is 12.6. The van der Waals surface area contributed by atoms with Crippen molar-refractivity contribution in [2.75, 3.05) is 18.0 Å². The van der Waals surface area contributed by atoms with E-state index in [4.69, 9.17) is 10.5 Å². The number of benzene rings is 2. The van der Waals surface area contributed by atoms with Crippen LogP contribution in [0.3, 0.4) is 0 Å². The highest BCUT2D eigenvalue weighted by atomic mass is 16.6. The van der Waals surface area contributed by atoms with E-state index in [1.807, 2.05) is 31.2 Å². The van der Waals surface area contributed by atoms with Gasteiger partial charge >= 0.3 is 6.09 Å². The Morgan fingerprint density at radius 3 is 2.34 bits per heavy atom. The number of nitrogens with two attached hydrogens (primary N) is 1. The topological polar surface area (TPSA) is 157 Å². The molecule has 0 aliphatic carbocycles. The zero-order chi connectivity index (χ0) is 29.7. The molecule has 214 valence electrons. The second kappa shape index (κ2) is 12.2. The van der Waals surface area contributed by atoms with Crippen molar-refractivity contribution in [2.24, 2.45) is 5.73 Å². The van der Waals surface area contributed by atoms with Crippen LogP contribution >= 0.6 is 0 Å². The first-order valence-corrected chi connectivity index (χ1v) is 13.4. The fourth-order valence-corrected chi connectivity index (χ4v) is 4.31. The molecule has 0 fully saturated rings.